The van der Waals surface area contributed by atoms with E-state index in [2.05, 4.69) is 4.98 Å². The van der Waals surface area contributed by atoms with Crippen LogP contribution in [-0.4, -0.2) is 68.9 Å². The summed E-state index contributed by atoms with van der Waals surface area (Å²) < 4.78 is 38.2. The predicted molar refractivity (Wildman–Crippen MR) is 126 cm³/mol. The summed E-state index contributed by atoms with van der Waals surface area (Å²) in [5, 5.41) is 2.78. The Morgan fingerprint density at radius 3 is 2.42 bits per heavy atom. The smallest absolute Gasteiger partial charge is 0.247 e. The molecule has 2 aromatic carbocycles. The predicted octanol–water partition coefficient (Wildman–Crippen LogP) is 2.90. The SMILES string of the molecule is COc1ccc(OC)c(S(=O)(=O)N2CCN(C(=O)Cc3csc(-c4ccccc4)n3)CC2)c1. The van der Waals surface area contributed by atoms with Gasteiger partial charge in [-0.1, -0.05) is 30.3 Å². The lowest BCUT2D eigenvalue weighted by molar-refractivity contribution is -0.131. The molecule has 1 aliphatic heterocycles. The van der Waals surface area contributed by atoms with Crippen LogP contribution in [0.4, 0.5) is 0 Å². The van der Waals surface area contributed by atoms with Crippen molar-refractivity contribution in [1.29, 1.82) is 0 Å². The summed E-state index contributed by atoms with van der Waals surface area (Å²) >= 11 is 1.51. The molecular formula is C23H25N3O5S2. The second-order valence-corrected chi connectivity index (χ2v) is 10.3. The fourth-order valence-corrected chi connectivity index (χ4v) is 6.09. The van der Waals surface area contributed by atoms with Crippen LogP contribution in [0.1, 0.15) is 5.69 Å². The number of thiazole rings is 1. The molecule has 10 heteroatoms. The summed E-state index contributed by atoms with van der Waals surface area (Å²) in [5.74, 6) is 0.629. The molecule has 174 valence electrons. The van der Waals surface area contributed by atoms with Crippen LogP contribution in [0.2, 0.25) is 0 Å². The normalized spacial score (nSPS) is 14.8. The second kappa shape index (κ2) is 9.90. The molecule has 0 aliphatic carbocycles. The maximum absolute atomic E-state index is 13.2. The number of amides is 1. The van der Waals surface area contributed by atoms with Crippen LogP contribution < -0.4 is 9.47 Å². The minimum Gasteiger partial charge on any atom is -0.497 e. The first-order valence-corrected chi connectivity index (χ1v) is 12.7. The third-order valence-corrected chi connectivity index (χ3v) is 8.34. The maximum atomic E-state index is 13.2. The van der Waals surface area contributed by atoms with Crippen molar-refractivity contribution in [2.45, 2.75) is 11.3 Å². The Balaban J connectivity index is 1.40. The van der Waals surface area contributed by atoms with Crippen molar-refractivity contribution in [1.82, 2.24) is 14.2 Å². The van der Waals surface area contributed by atoms with Gasteiger partial charge in [-0.05, 0) is 12.1 Å². The molecule has 1 aliphatic rings. The van der Waals surface area contributed by atoms with Gasteiger partial charge in [0, 0.05) is 43.2 Å². The van der Waals surface area contributed by atoms with E-state index in [-0.39, 0.29) is 36.1 Å². The number of carbonyl (C=O) groups excluding carboxylic acids is 1. The number of hydrogen-bond donors (Lipinski definition) is 0. The van der Waals surface area contributed by atoms with E-state index in [4.69, 9.17) is 9.47 Å². The molecule has 0 radical (unpaired) electrons. The van der Waals surface area contributed by atoms with E-state index in [0.29, 0.717) is 18.8 Å². The molecule has 2 heterocycles. The van der Waals surface area contributed by atoms with Crippen LogP contribution in [-0.2, 0) is 21.2 Å². The molecule has 1 aromatic heterocycles. The van der Waals surface area contributed by atoms with Gasteiger partial charge >= 0.3 is 0 Å². The number of aromatic nitrogens is 1. The molecule has 0 spiro atoms. The van der Waals surface area contributed by atoms with Gasteiger partial charge in [0.15, 0.2) is 0 Å². The summed E-state index contributed by atoms with van der Waals surface area (Å²) in [5.41, 5.74) is 1.74. The lowest BCUT2D eigenvalue weighted by Gasteiger charge is -2.34. The van der Waals surface area contributed by atoms with Crippen molar-refractivity contribution in [3.63, 3.8) is 0 Å². The minimum atomic E-state index is -3.79. The van der Waals surface area contributed by atoms with E-state index in [0.717, 1.165) is 16.3 Å². The zero-order chi connectivity index (χ0) is 23.4. The van der Waals surface area contributed by atoms with Crippen molar-refractivity contribution in [2.75, 3.05) is 40.4 Å². The van der Waals surface area contributed by atoms with Gasteiger partial charge in [0.05, 0.1) is 26.3 Å². The lowest BCUT2D eigenvalue weighted by atomic mass is 10.2. The molecular weight excluding hydrogens is 462 g/mol. The number of benzene rings is 2. The molecule has 8 nitrogen and oxygen atoms in total. The van der Waals surface area contributed by atoms with Crippen LogP contribution in [0.25, 0.3) is 10.6 Å². The first-order chi connectivity index (χ1) is 15.9. The Morgan fingerprint density at radius 1 is 1.03 bits per heavy atom. The average Bonchev–Trinajstić information content (AvgIpc) is 3.32. The van der Waals surface area contributed by atoms with E-state index >= 15 is 0 Å². The second-order valence-electron chi connectivity index (χ2n) is 7.49. The van der Waals surface area contributed by atoms with Crippen LogP contribution in [0, 0.1) is 0 Å². The van der Waals surface area contributed by atoms with Crippen molar-refractivity contribution in [3.8, 4) is 22.1 Å². The van der Waals surface area contributed by atoms with Gasteiger partial charge in [-0.25, -0.2) is 13.4 Å². The molecule has 4 rings (SSSR count). The van der Waals surface area contributed by atoms with Crippen molar-refractivity contribution < 1.29 is 22.7 Å². The minimum absolute atomic E-state index is 0.0556. The molecule has 1 fully saturated rings. The third kappa shape index (κ3) is 5.02. The number of nitrogens with zero attached hydrogens (tertiary/aromatic N) is 3. The topological polar surface area (TPSA) is 89.0 Å². The number of hydrogen-bond acceptors (Lipinski definition) is 7. The molecule has 0 bridgehead atoms. The van der Waals surface area contributed by atoms with E-state index in [1.54, 1.807) is 17.0 Å². The first kappa shape index (κ1) is 23.2. The van der Waals surface area contributed by atoms with Crippen molar-refractivity contribution >= 4 is 27.3 Å². The van der Waals surface area contributed by atoms with Crippen molar-refractivity contribution in [2.24, 2.45) is 0 Å². The molecule has 33 heavy (non-hydrogen) atoms. The molecule has 1 saturated heterocycles. The number of ether oxygens (including phenoxy) is 2. The van der Waals surface area contributed by atoms with E-state index < -0.39 is 10.0 Å². The molecule has 3 aromatic rings. The van der Waals surface area contributed by atoms with Gasteiger partial charge in [-0.15, -0.1) is 11.3 Å². The highest BCUT2D eigenvalue weighted by Crippen LogP contribution is 2.31. The van der Waals surface area contributed by atoms with Gasteiger partial charge in [-0.2, -0.15) is 4.31 Å². The summed E-state index contributed by atoms with van der Waals surface area (Å²) in [6, 6.07) is 14.5. The van der Waals surface area contributed by atoms with E-state index in [9.17, 15) is 13.2 Å². The van der Waals surface area contributed by atoms with Crippen molar-refractivity contribution in [3.05, 3.63) is 59.6 Å². The Bertz CT molecular complexity index is 1220. The summed E-state index contributed by atoms with van der Waals surface area (Å²) in [6.07, 6.45) is 0.194. The summed E-state index contributed by atoms with van der Waals surface area (Å²) in [6.45, 7) is 1.06. The Labute approximate surface area is 197 Å². The molecule has 0 saturated carbocycles. The number of piperazine rings is 1. The Morgan fingerprint density at radius 2 is 1.76 bits per heavy atom. The largest absolute Gasteiger partial charge is 0.497 e. The zero-order valence-electron chi connectivity index (χ0n) is 18.4. The zero-order valence-corrected chi connectivity index (χ0v) is 20.1. The molecule has 0 atom stereocenters. The van der Waals surface area contributed by atoms with Gasteiger partial charge in [0.2, 0.25) is 15.9 Å². The van der Waals surface area contributed by atoms with E-state index in [1.165, 1.54) is 35.9 Å². The third-order valence-electron chi connectivity index (χ3n) is 5.48. The molecule has 1 amide bonds. The van der Waals surface area contributed by atoms with Crippen LogP contribution in [0.5, 0.6) is 11.5 Å². The molecule has 0 unspecified atom stereocenters. The van der Waals surface area contributed by atoms with Crippen LogP contribution in [0.15, 0.2) is 58.8 Å². The highest BCUT2D eigenvalue weighted by Gasteiger charge is 2.32. The number of rotatable bonds is 7. The summed E-state index contributed by atoms with van der Waals surface area (Å²) in [4.78, 5) is 19.1. The quantitative estimate of drug-likeness (QED) is 0.509. The van der Waals surface area contributed by atoms with Gasteiger partial charge in [0.25, 0.3) is 0 Å². The first-order valence-electron chi connectivity index (χ1n) is 10.4. The van der Waals surface area contributed by atoms with Crippen LogP contribution >= 0.6 is 11.3 Å². The standard InChI is InChI=1S/C23H25N3O5S2/c1-30-19-8-9-20(31-2)21(15-19)33(28,29)26-12-10-25(11-13-26)22(27)14-18-16-32-23(24-18)17-6-4-3-5-7-17/h3-9,15-16H,10-14H2,1-2H3. The number of carbonyl (C=O) groups is 1. The van der Waals surface area contributed by atoms with Gasteiger partial charge < -0.3 is 14.4 Å². The fraction of sp³-hybridized carbons (Fsp3) is 0.304. The van der Waals surface area contributed by atoms with Gasteiger partial charge in [-0.3, -0.25) is 4.79 Å². The Hall–Kier alpha value is -2.95. The van der Waals surface area contributed by atoms with Gasteiger partial charge in [0.1, 0.15) is 21.4 Å². The summed E-state index contributed by atoms with van der Waals surface area (Å²) in [7, 11) is -0.883. The Kier molecular flexibility index (Phi) is 6.96. The highest BCUT2D eigenvalue weighted by atomic mass is 32.2. The maximum Gasteiger partial charge on any atom is 0.247 e. The monoisotopic (exact) mass is 487 g/mol. The highest BCUT2D eigenvalue weighted by molar-refractivity contribution is 7.89. The van der Waals surface area contributed by atoms with E-state index in [1.807, 2.05) is 35.7 Å². The average molecular weight is 488 g/mol. The number of methoxy groups -OCH3 is 2. The number of sulfonamides is 1. The lowest BCUT2D eigenvalue weighted by Crippen LogP contribution is -2.50. The fourth-order valence-electron chi connectivity index (χ4n) is 3.67. The molecule has 0 N–H and O–H groups in total. The van der Waals surface area contributed by atoms with Crippen LogP contribution in [0.3, 0.4) is 0 Å².